The summed E-state index contributed by atoms with van der Waals surface area (Å²) < 4.78 is 47.8. The van der Waals surface area contributed by atoms with E-state index in [2.05, 4.69) is 15.1 Å². The second kappa shape index (κ2) is 7.44. The van der Waals surface area contributed by atoms with Crippen LogP contribution >= 0.6 is 0 Å². The van der Waals surface area contributed by atoms with Crippen LogP contribution < -0.4 is 0 Å². The quantitative estimate of drug-likeness (QED) is 0.646. The van der Waals surface area contributed by atoms with Crippen molar-refractivity contribution >= 4 is 10.0 Å². The molecule has 1 aliphatic rings. The summed E-state index contributed by atoms with van der Waals surface area (Å²) in [7, 11) is -1.89. The highest BCUT2D eigenvalue weighted by Gasteiger charge is 2.32. The minimum atomic E-state index is -3.62. The van der Waals surface area contributed by atoms with Gasteiger partial charge in [-0.3, -0.25) is 0 Å². The Kier molecular flexibility index (Phi) is 4.98. The molecule has 0 aliphatic carbocycles. The molecule has 2 aromatic heterocycles. The van der Waals surface area contributed by atoms with E-state index in [1.54, 1.807) is 29.8 Å². The first kappa shape index (κ1) is 18.8. The van der Waals surface area contributed by atoms with Crippen LogP contribution in [0.1, 0.15) is 18.7 Å². The van der Waals surface area contributed by atoms with Crippen LogP contribution in [0.25, 0.3) is 11.4 Å². The van der Waals surface area contributed by atoms with E-state index in [1.807, 2.05) is 0 Å². The van der Waals surface area contributed by atoms with Gasteiger partial charge < -0.3 is 9.09 Å². The van der Waals surface area contributed by atoms with Crippen molar-refractivity contribution in [3.05, 3.63) is 48.5 Å². The fraction of sp³-hybridized carbons (Fsp3) is 0.389. The van der Waals surface area contributed by atoms with E-state index in [4.69, 9.17) is 4.52 Å². The Bertz CT molecular complexity index is 1080. The highest BCUT2D eigenvalue weighted by Crippen LogP contribution is 2.26. The van der Waals surface area contributed by atoms with Crippen LogP contribution in [0.15, 0.2) is 46.3 Å². The van der Waals surface area contributed by atoms with Gasteiger partial charge in [-0.05, 0) is 30.9 Å². The zero-order valence-corrected chi connectivity index (χ0v) is 16.1. The summed E-state index contributed by atoms with van der Waals surface area (Å²) in [5.41, 5.74) is 0.278. The second-order valence-electron chi connectivity index (χ2n) is 6.94. The number of aryl methyl sites for hydroxylation is 1. The Morgan fingerprint density at radius 1 is 1.32 bits per heavy atom. The maximum atomic E-state index is 13.9. The van der Waals surface area contributed by atoms with Crippen LogP contribution in [0.2, 0.25) is 0 Å². The molecular formula is C18H20FN5O3S. The lowest BCUT2D eigenvalue weighted by Crippen LogP contribution is -2.40. The normalized spacial score (nSPS) is 18.4. The lowest BCUT2D eigenvalue weighted by Gasteiger charge is -2.30. The predicted molar refractivity (Wildman–Crippen MR) is 98.1 cm³/mol. The molecule has 0 bridgehead atoms. The standard InChI is InChI=1S/C18H20FN5O3S/c1-23-11-17(20-12-23)28(25,26)24-8-4-5-13(10-24)9-16-21-18(22-27-16)14-6-2-3-7-15(14)19/h2-3,6-7,11-13H,4-5,8-10H2,1H3. The molecule has 8 nitrogen and oxygen atoms in total. The summed E-state index contributed by atoms with van der Waals surface area (Å²) in [4.78, 5) is 8.26. The van der Waals surface area contributed by atoms with Crippen molar-refractivity contribution in [2.45, 2.75) is 24.3 Å². The van der Waals surface area contributed by atoms with Gasteiger partial charge in [-0.25, -0.2) is 17.8 Å². The van der Waals surface area contributed by atoms with Crippen LogP contribution in [0, 0.1) is 11.7 Å². The van der Waals surface area contributed by atoms with Crippen molar-refractivity contribution in [1.82, 2.24) is 24.0 Å². The maximum absolute atomic E-state index is 13.9. The number of imidazole rings is 1. The molecule has 0 N–H and O–H groups in total. The first-order valence-electron chi connectivity index (χ1n) is 8.99. The molecule has 0 radical (unpaired) electrons. The average Bonchev–Trinajstić information content (AvgIpc) is 3.32. The molecule has 1 atom stereocenters. The predicted octanol–water partition coefficient (Wildman–Crippen LogP) is 2.25. The van der Waals surface area contributed by atoms with Gasteiger partial charge in [0.25, 0.3) is 10.0 Å². The first-order valence-corrected chi connectivity index (χ1v) is 10.4. The van der Waals surface area contributed by atoms with Crippen LogP contribution in [0.3, 0.4) is 0 Å². The molecule has 3 aromatic rings. The summed E-state index contributed by atoms with van der Waals surface area (Å²) in [5, 5.41) is 3.91. The molecule has 3 heterocycles. The number of hydrogen-bond acceptors (Lipinski definition) is 6. The number of rotatable bonds is 5. The first-order chi connectivity index (χ1) is 13.4. The highest BCUT2D eigenvalue weighted by molar-refractivity contribution is 7.89. The van der Waals surface area contributed by atoms with Crippen LogP contribution in [0.4, 0.5) is 4.39 Å². The molecule has 4 rings (SSSR count). The summed E-state index contributed by atoms with van der Waals surface area (Å²) in [6.07, 6.45) is 5.00. The van der Waals surface area contributed by atoms with Crippen LogP contribution in [0.5, 0.6) is 0 Å². The van der Waals surface area contributed by atoms with Crippen molar-refractivity contribution < 1.29 is 17.3 Å². The SMILES string of the molecule is Cn1cnc(S(=O)(=O)N2CCCC(Cc3nc(-c4ccccc4F)no3)C2)c1. The number of halogens is 1. The van der Waals surface area contributed by atoms with E-state index in [9.17, 15) is 12.8 Å². The number of benzene rings is 1. The molecule has 0 saturated carbocycles. The average molecular weight is 405 g/mol. The Labute approximate surface area is 162 Å². The molecule has 28 heavy (non-hydrogen) atoms. The maximum Gasteiger partial charge on any atom is 0.262 e. The van der Waals surface area contributed by atoms with Crippen molar-refractivity contribution in [1.29, 1.82) is 0 Å². The highest BCUT2D eigenvalue weighted by atomic mass is 32.2. The van der Waals surface area contributed by atoms with Gasteiger partial charge in [0, 0.05) is 32.8 Å². The molecule has 1 unspecified atom stereocenters. The molecule has 1 aromatic carbocycles. The lowest BCUT2D eigenvalue weighted by atomic mass is 9.96. The van der Waals surface area contributed by atoms with Gasteiger partial charge in [-0.1, -0.05) is 17.3 Å². The van der Waals surface area contributed by atoms with Gasteiger partial charge in [0.1, 0.15) is 5.82 Å². The molecular weight excluding hydrogens is 385 g/mol. The topological polar surface area (TPSA) is 94.1 Å². The smallest absolute Gasteiger partial charge is 0.262 e. The molecule has 1 saturated heterocycles. The zero-order valence-electron chi connectivity index (χ0n) is 15.3. The summed E-state index contributed by atoms with van der Waals surface area (Å²) in [6.45, 7) is 0.816. The third-order valence-corrected chi connectivity index (χ3v) is 6.56. The van der Waals surface area contributed by atoms with Crippen LogP contribution in [-0.4, -0.2) is 45.5 Å². The Morgan fingerprint density at radius 2 is 2.14 bits per heavy atom. The van der Waals surface area contributed by atoms with E-state index >= 15 is 0 Å². The van der Waals surface area contributed by atoms with E-state index < -0.39 is 15.8 Å². The third-order valence-electron chi connectivity index (χ3n) is 4.81. The molecule has 10 heteroatoms. The molecule has 1 aliphatic heterocycles. The lowest BCUT2D eigenvalue weighted by molar-refractivity contribution is 0.246. The van der Waals surface area contributed by atoms with Gasteiger partial charge in [-0.2, -0.15) is 9.29 Å². The minimum Gasteiger partial charge on any atom is -0.339 e. The minimum absolute atomic E-state index is 0.0427. The Balaban J connectivity index is 1.47. The fourth-order valence-electron chi connectivity index (χ4n) is 3.40. The van der Waals surface area contributed by atoms with Gasteiger partial charge in [0.05, 0.1) is 11.9 Å². The number of sulfonamides is 1. The van der Waals surface area contributed by atoms with E-state index in [0.717, 1.165) is 12.8 Å². The Morgan fingerprint density at radius 3 is 2.89 bits per heavy atom. The molecule has 1 fully saturated rings. The van der Waals surface area contributed by atoms with E-state index in [-0.39, 0.29) is 22.3 Å². The van der Waals surface area contributed by atoms with Crippen molar-refractivity contribution in [3.8, 4) is 11.4 Å². The van der Waals surface area contributed by atoms with Crippen molar-refractivity contribution in [2.24, 2.45) is 13.0 Å². The molecule has 0 amide bonds. The molecule has 148 valence electrons. The summed E-state index contributed by atoms with van der Waals surface area (Å²) >= 11 is 0. The summed E-state index contributed by atoms with van der Waals surface area (Å²) in [6, 6.07) is 6.23. The number of piperidine rings is 1. The zero-order chi connectivity index (χ0) is 19.7. The third kappa shape index (κ3) is 3.69. The number of aromatic nitrogens is 4. The largest absolute Gasteiger partial charge is 0.339 e. The van der Waals surface area contributed by atoms with Crippen molar-refractivity contribution in [2.75, 3.05) is 13.1 Å². The fourth-order valence-corrected chi connectivity index (χ4v) is 4.92. The van der Waals surface area contributed by atoms with E-state index in [0.29, 0.717) is 25.4 Å². The van der Waals surface area contributed by atoms with Gasteiger partial charge in [0.15, 0.2) is 5.03 Å². The second-order valence-corrected chi connectivity index (χ2v) is 8.83. The van der Waals surface area contributed by atoms with Gasteiger partial charge in [-0.15, -0.1) is 0 Å². The number of nitrogens with zero attached hydrogens (tertiary/aromatic N) is 5. The number of hydrogen-bond donors (Lipinski definition) is 0. The Hall–Kier alpha value is -2.59. The van der Waals surface area contributed by atoms with Gasteiger partial charge in [0.2, 0.25) is 11.7 Å². The monoisotopic (exact) mass is 405 g/mol. The summed E-state index contributed by atoms with van der Waals surface area (Å²) in [5.74, 6) is 0.198. The van der Waals surface area contributed by atoms with Crippen molar-refractivity contribution in [3.63, 3.8) is 0 Å². The van der Waals surface area contributed by atoms with E-state index in [1.165, 1.54) is 22.9 Å². The molecule has 0 spiro atoms. The van der Waals surface area contributed by atoms with Gasteiger partial charge >= 0.3 is 0 Å². The van der Waals surface area contributed by atoms with Crippen LogP contribution in [-0.2, 0) is 23.5 Å².